The third-order valence-corrected chi connectivity index (χ3v) is 7.27. The second-order valence-corrected chi connectivity index (χ2v) is 9.67. The summed E-state index contributed by atoms with van der Waals surface area (Å²) in [6.45, 7) is 3.72. The molecule has 5 rings (SSSR count). The van der Waals surface area contributed by atoms with Crippen LogP contribution >= 0.6 is 0 Å². The second kappa shape index (κ2) is 7.25. The lowest BCUT2D eigenvalue weighted by Crippen LogP contribution is -2.34. The van der Waals surface area contributed by atoms with Gasteiger partial charge in [-0.05, 0) is 61.9 Å². The Morgan fingerprint density at radius 1 is 1.07 bits per heavy atom. The van der Waals surface area contributed by atoms with Crippen molar-refractivity contribution in [1.82, 2.24) is 0 Å². The van der Waals surface area contributed by atoms with E-state index in [1.54, 1.807) is 12.1 Å². The molecule has 0 aliphatic carbocycles. The van der Waals surface area contributed by atoms with Gasteiger partial charge in [0.05, 0.1) is 11.5 Å². The maximum atomic E-state index is 12.6. The molecule has 0 saturated heterocycles. The van der Waals surface area contributed by atoms with E-state index >= 15 is 0 Å². The first-order valence-electron chi connectivity index (χ1n) is 10.2. The van der Waals surface area contributed by atoms with Gasteiger partial charge in [0, 0.05) is 35.8 Å². The summed E-state index contributed by atoms with van der Waals surface area (Å²) in [6, 6.07) is 9.90. The van der Waals surface area contributed by atoms with Crippen LogP contribution < -0.4 is 10.5 Å². The molecule has 2 aromatic carbocycles. The van der Waals surface area contributed by atoms with E-state index in [2.05, 4.69) is 4.90 Å². The van der Waals surface area contributed by atoms with E-state index in [4.69, 9.17) is 8.60 Å². The van der Waals surface area contributed by atoms with Crippen molar-refractivity contribution in [3.8, 4) is 0 Å². The molecule has 0 atom stereocenters. The summed E-state index contributed by atoms with van der Waals surface area (Å²) in [5.41, 5.74) is 5.09. The van der Waals surface area contributed by atoms with Gasteiger partial charge in [0.1, 0.15) is 5.58 Å². The smallest absolute Gasteiger partial charge is 0.336 e. The van der Waals surface area contributed by atoms with Crippen molar-refractivity contribution in [2.75, 3.05) is 18.0 Å². The monoisotopic (exact) mass is 425 g/mol. The second-order valence-electron chi connectivity index (χ2n) is 8.05. The van der Waals surface area contributed by atoms with Gasteiger partial charge in [-0.25, -0.2) is 4.79 Å². The Balaban J connectivity index is 1.57. The first-order valence-corrected chi connectivity index (χ1v) is 11.7. The highest BCUT2D eigenvalue weighted by Gasteiger charge is 2.28. The van der Waals surface area contributed by atoms with Crippen LogP contribution in [0.5, 0.6) is 0 Å². The Hall–Kier alpha value is -2.64. The molecule has 0 saturated carbocycles. The fourth-order valence-corrected chi connectivity index (χ4v) is 5.46. The van der Waals surface area contributed by atoms with Gasteiger partial charge in [-0.15, -0.1) is 0 Å². The van der Waals surface area contributed by atoms with Crippen LogP contribution in [-0.2, 0) is 33.7 Å². The van der Waals surface area contributed by atoms with Gasteiger partial charge in [-0.1, -0.05) is 17.7 Å². The third-order valence-electron chi connectivity index (χ3n) is 5.99. The highest BCUT2D eigenvalue weighted by Crippen LogP contribution is 2.40. The summed E-state index contributed by atoms with van der Waals surface area (Å²) in [5.74, 6) is 0. The van der Waals surface area contributed by atoms with Crippen molar-refractivity contribution >= 4 is 26.8 Å². The zero-order valence-corrected chi connectivity index (χ0v) is 17.6. The number of fused-ring (bicyclic) bond motifs is 2. The Labute approximate surface area is 175 Å². The number of aryl methyl sites for hydroxylation is 3. The van der Waals surface area contributed by atoms with Gasteiger partial charge in [0.2, 0.25) is 0 Å². The molecule has 6 nitrogen and oxygen atoms in total. The van der Waals surface area contributed by atoms with E-state index in [1.807, 2.05) is 13.0 Å². The van der Waals surface area contributed by atoms with Crippen LogP contribution in [0, 0.1) is 6.92 Å². The summed E-state index contributed by atoms with van der Waals surface area (Å²) in [4.78, 5) is 14.8. The normalized spacial score (nSPS) is 16.0. The van der Waals surface area contributed by atoms with E-state index in [0.717, 1.165) is 55.3 Å². The molecule has 0 radical (unpaired) electrons. The minimum atomic E-state index is -3.93. The first kappa shape index (κ1) is 19.3. The largest absolute Gasteiger partial charge is 0.422 e. The molecule has 0 bridgehead atoms. The summed E-state index contributed by atoms with van der Waals surface area (Å²) < 4.78 is 36.2. The zero-order chi connectivity index (χ0) is 20.9. The van der Waals surface area contributed by atoms with Crippen LogP contribution in [0.2, 0.25) is 0 Å². The van der Waals surface area contributed by atoms with Crippen molar-refractivity contribution in [1.29, 1.82) is 0 Å². The van der Waals surface area contributed by atoms with Crippen LogP contribution in [0.4, 0.5) is 5.69 Å². The summed E-state index contributed by atoms with van der Waals surface area (Å²) >= 11 is 0. The van der Waals surface area contributed by atoms with Crippen LogP contribution in [0.3, 0.4) is 0 Å². The summed E-state index contributed by atoms with van der Waals surface area (Å²) in [6.07, 6.45) is 3.92. The highest BCUT2D eigenvalue weighted by molar-refractivity contribution is 7.86. The number of rotatable bonds is 4. The first-order chi connectivity index (χ1) is 14.4. The Morgan fingerprint density at radius 3 is 2.57 bits per heavy atom. The van der Waals surface area contributed by atoms with Gasteiger partial charge in [0.15, 0.2) is 0 Å². The maximum absolute atomic E-state index is 12.6. The Bertz CT molecular complexity index is 1290. The molecule has 30 heavy (non-hydrogen) atoms. The standard InChI is InChI=1S/C23H23NO5S/c1-15-6-8-18(9-7-15)30(26,27)28-14-17-13-21(25)29-23-19-5-3-11-24-10-2-4-16(22(19)24)12-20(17)23/h6-9,12-13H,2-5,10-11,14H2,1H3. The van der Waals surface area contributed by atoms with Crippen molar-refractivity contribution < 1.29 is 17.0 Å². The zero-order valence-electron chi connectivity index (χ0n) is 16.8. The van der Waals surface area contributed by atoms with Crippen LogP contribution in [0.1, 0.15) is 35.1 Å². The molecule has 0 fully saturated rings. The van der Waals surface area contributed by atoms with Gasteiger partial charge >= 0.3 is 5.63 Å². The molecule has 0 amide bonds. The van der Waals surface area contributed by atoms with Gasteiger partial charge < -0.3 is 9.32 Å². The molecule has 0 N–H and O–H groups in total. The van der Waals surface area contributed by atoms with Crippen molar-refractivity contribution in [2.24, 2.45) is 0 Å². The molecule has 0 spiro atoms. The average Bonchev–Trinajstić information content (AvgIpc) is 2.73. The minimum Gasteiger partial charge on any atom is -0.422 e. The van der Waals surface area contributed by atoms with Crippen molar-refractivity contribution in [3.05, 3.63) is 69.1 Å². The number of benzene rings is 2. The maximum Gasteiger partial charge on any atom is 0.336 e. The fourth-order valence-electron chi connectivity index (χ4n) is 4.57. The molecule has 2 aliphatic heterocycles. The molecule has 156 valence electrons. The summed E-state index contributed by atoms with van der Waals surface area (Å²) in [7, 11) is -3.93. The third kappa shape index (κ3) is 3.32. The quantitative estimate of drug-likeness (QED) is 0.469. The minimum absolute atomic E-state index is 0.100. The van der Waals surface area contributed by atoms with Gasteiger partial charge in [-0.3, -0.25) is 4.18 Å². The predicted octanol–water partition coefficient (Wildman–Crippen LogP) is 3.71. The van der Waals surface area contributed by atoms with E-state index in [0.29, 0.717) is 11.1 Å². The van der Waals surface area contributed by atoms with E-state index < -0.39 is 15.7 Å². The molecule has 3 aromatic rings. The van der Waals surface area contributed by atoms with Gasteiger partial charge in [-0.2, -0.15) is 8.42 Å². The van der Waals surface area contributed by atoms with Crippen LogP contribution in [-0.4, -0.2) is 21.5 Å². The number of nitrogens with zero attached hydrogens (tertiary/aromatic N) is 1. The topological polar surface area (TPSA) is 76.8 Å². The van der Waals surface area contributed by atoms with Gasteiger partial charge in [0.25, 0.3) is 10.1 Å². The molecule has 7 heteroatoms. The molecular weight excluding hydrogens is 402 g/mol. The van der Waals surface area contributed by atoms with E-state index in [9.17, 15) is 13.2 Å². The lowest BCUT2D eigenvalue weighted by Gasteiger charge is -2.37. The SMILES string of the molecule is Cc1ccc(S(=O)(=O)OCc2cc(=O)oc3c4c5c(cc23)CCCN5CCC4)cc1. The molecule has 3 heterocycles. The molecule has 1 aromatic heterocycles. The fraction of sp³-hybridized carbons (Fsp3) is 0.348. The van der Waals surface area contributed by atoms with Crippen LogP contribution in [0.25, 0.3) is 11.0 Å². The Morgan fingerprint density at radius 2 is 1.80 bits per heavy atom. The van der Waals surface area contributed by atoms with Crippen LogP contribution in [0.15, 0.2) is 50.5 Å². The van der Waals surface area contributed by atoms with Crippen molar-refractivity contribution in [3.63, 3.8) is 0 Å². The highest BCUT2D eigenvalue weighted by atomic mass is 32.2. The number of hydrogen-bond donors (Lipinski definition) is 0. The average molecular weight is 426 g/mol. The number of anilines is 1. The number of hydrogen-bond acceptors (Lipinski definition) is 6. The van der Waals surface area contributed by atoms with Crippen molar-refractivity contribution in [2.45, 2.75) is 44.1 Å². The molecule has 2 aliphatic rings. The molecular formula is C23H23NO5S. The summed E-state index contributed by atoms with van der Waals surface area (Å²) in [5, 5.41) is 0.770. The lowest BCUT2D eigenvalue weighted by molar-refractivity contribution is 0.308. The van der Waals surface area contributed by atoms with E-state index in [1.165, 1.54) is 29.4 Å². The molecule has 0 unspecified atom stereocenters. The van der Waals surface area contributed by atoms with E-state index in [-0.39, 0.29) is 11.5 Å². The predicted molar refractivity (Wildman–Crippen MR) is 114 cm³/mol. The lowest BCUT2D eigenvalue weighted by atomic mass is 9.89. The Kier molecular flexibility index (Phi) is 4.67.